The van der Waals surface area contributed by atoms with Crippen LogP contribution in [0.15, 0.2) is 35.5 Å². The maximum absolute atomic E-state index is 9.97. The van der Waals surface area contributed by atoms with Gasteiger partial charge in [-0.3, -0.25) is 9.98 Å². The molecule has 0 aliphatic carbocycles. The van der Waals surface area contributed by atoms with E-state index in [4.69, 9.17) is 0 Å². The molecule has 19 heavy (non-hydrogen) atoms. The van der Waals surface area contributed by atoms with E-state index in [9.17, 15) is 10.2 Å². The van der Waals surface area contributed by atoms with Crippen molar-refractivity contribution in [1.29, 1.82) is 0 Å². The van der Waals surface area contributed by atoms with E-state index in [-0.39, 0.29) is 12.4 Å². The fraction of sp³-hybridized carbons (Fsp3) is 0.200. The van der Waals surface area contributed by atoms with Gasteiger partial charge in [0.25, 0.3) is 0 Å². The number of pyridine rings is 1. The van der Waals surface area contributed by atoms with E-state index in [1.807, 2.05) is 31.2 Å². The van der Waals surface area contributed by atoms with Crippen molar-refractivity contribution in [3.05, 3.63) is 52.8 Å². The van der Waals surface area contributed by atoms with Gasteiger partial charge in [-0.1, -0.05) is 17.7 Å². The van der Waals surface area contributed by atoms with Crippen LogP contribution in [0.1, 0.15) is 22.4 Å². The molecule has 1 aromatic carbocycles. The fourth-order valence-electron chi connectivity index (χ4n) is 1.69. The lowest BCUT2D eigenvalue weighted by Gasteiger charge is -2.06. The first-order valence-corrected chi connectivity index (χ1v) is 6.01. The standard InChI is InChI=1S/C15H16N2O2/c1-10-3-5-13(6-4-10)17-8-14-12(9-18)7-16-11(2)15(14)19/h3-8,18-19H,9H2,1-2H3. The van der Waals surface area contributed by atoms with Gasteiger partial charge in [0.05, 0.1) is 18.0 Å². The van der Waals surface area contributed by atoms with E-state index in [1.54, 1.807) is 19.3 Å². The van der Waals surface area contributed by atoms with Gasteiger partial charge in [-0.2, -0.15) is 0 Å². The van der Waals surface area contributed by atoms with Crippen LogP contribution in [0.25, 0.3) is 0 Å². The number of aliphatic hydroxyl groups excluding tert-OH is 1. The summed E-state index contributed by atoms with van der Waals surface area (Å²) >= 11 is 0. The Morgan fingerprint density at radius 2 is 1.89 bits per heavy atom. The molecule has 0 fully saturated rings. The van der Waals surface area contributed by atoms with Crippen molar-refractivity contribution in [2.24, 2.45) is 4.99 Å². The van der Waals surface area contributed by atoms with Crippen LogP contribution in [-0.4, -0.2) is 21.4 Å². The van der Waals surface area contributed by atoms with E-state index in [1.165, 1.54) is 0 Å². The Bertz CT molecular complexity index is 604. The quantitative estimate of drug-likeness (QED) is 0.830. The lowest BCUT2D eigenvalue weighted by Crippen LogP contribution is -1.97. The zero-order valence-corrected chi connectivity index (χ0v) is 11.0. The maximum atomic E-state index is 9.97. The third-order valence-electron chi connectivity index (χ3n) is 2.90. The van der Waals surface area contributed by atoms with Crippen molar-refractivity contribution in [1.82, 2.24) is 4.98 Å². The Labute approximate surface area is 112 Å². The van der Waals surface area contributed by atoms with Crippen LogP contribution in [0.4, 0.5) is 5.69 Å². The van der Waals surface area contributed by atoms with Gasteiger partial charge in [-0.15, -0.1) is 0 Å². The number of rotatable bonds is 3. The minimum Gasteiger partial charge on any atom is -0.505 e. The average molecular weight is 256 g/mol. The molecule has 2 N–H and O–H groups in total. The Morgan fingerprint density at radius 3 is 2.53 bits per heavy atom. The monoisotopic (exact) mass is 256 g/mol. The molecule has 1 aromatic heterocycles. The summed E-state index contributed by atoms with van der Waals surface area (Å²) in [6.45, 7) is 3.53. The van der Waals surface area contributed by atoms with Crippen molar-refractivity contribution in [3.63, 3.8) is 0 Å². The van der Waals surface area contributed by atoms with E-state index >= 15 is 0 Å². The van der Waals surface area contributed by atoms with Crippen LogP contribution in [0, 0.1) is 13.8 Å². The molecule has 4 heteroatoms. The number of benzene rings is 1. The highest BCUT2D eigenvalue weighted by Crippen LogP contribution is 2.23. The smallest absolute Gasteiger partial charge is 0.145 e. The Balaban J connectivity index is 2.37. The predicted molar refractivity (Wildman–Crippen MR) is 75.0 cm³/mol. The van der Waals surface area contributed by atoms with Crippen LogP contribution in [0.5, 0.6) is 5.75 Å². The van der Waals surface area contributed by atoms with Crippen LogP contribution in [-0.2, 0) is 6.61 Å². The summed E-state index contributed by atoms with van der Waals surface area (Å²) in [5.41, 5.74) is 3.54. The van der Waals surface area contributed by atoms with E-state index in [2.05, 4.69) is 9.98 Å². The SMILES string of the molecule is Cc1ccc(N=Cc2c(CO)cnc(C)c2O)cc1. The van der Waals surface area contributed by atoms with Gasteiger partial charge < -0.3 is 10.2 Å². The number of hydrogen-bond donors (Lipinski definition) is 2. The minimum absolute atomic E-state index is 0.0578. The van der Waals surface area contributed by atoms with Crippen molar-refractivity contribution in [2.45, 2.75) is 20.5 Å². The lowest BCUT2D eigenvalue weighted by molar-refractivity contribution is 0.280. The maximum Gasteiger partial charge on any atom is 0.145 e. The molecular weight excluding hydrogens is 240 g/mol. The van der Waals surface area contributed by atoms with Gasteiger partial charge >= 0.3 is 0 Å². The number of aliphatic hydroxyl groups is 1. The molecule has 0 saturated carbocycles. The molecule has 0 bridgehead atoms. The number of aromatic nitrogens is 1. The summed E-state index contributed by atoms with van der Waals surface area (Å²) in [6.07, 6.45) is 3.10. The molecule has 0 amide bonds. The van der Waals surface area contributed by atoms with E-state index in [0.29, 0.717) is 16.8 Å². The van der Waals surface area contributed by atoms with Gasteiger partial charge in [-0.25, -0.2) is 0 Å². The van der Waals surface area contributed by atoms with Gasteiger partial charge in [0.1, 0.15) is 5.75 Å². The number of aromatic hydroxyl groups is 1. The number of nitrogens with zero attached hydrogens (tertiary/aromatic N) is 2. The van der Waals surface area contributed by atoms with Gasteiger partial charge in [0.2, 0.25) is 0 Å². The molecule has 0 saturated heterocycles. The molecule has 0 atom stereocenters. The van der Waals surface area contributed by atoms with E-state index in [0.717, 1.165) is 11.3 Å². The molecule has 0 radical (unpaired) electrons. The molecule has 0 aliphatic rings. The summed E-state index contributed by atoms with van der Waals surface area (Å²) in [5, 5.41) is 19.2. The van der Waals surface area contributed by atoms with Gasteiger partial charge in [0.15, 0.2) is 0 Å². The first-order valence-electron chi connectivity index (χ1n) is 6.01. The Morgan fingerprint density at radius 1 is 1.21 bits per heavy atom. The summed E-state index contributed by atoms with van der Waals surface area (Å²) in [6, 6.07) is 7.74. The van der Waals surface area contributed by atoms with Crippen molar-refractivity contribution in [2.75, 3.05) is 0 Å². The highest BCUT2D eigenvalue weighted by atomic mass is 16.3. The second-order valence-electron chi connectivity index (χ2n) is 4.38. The van der Waals surface area contributed by atoms with Crippen LogP contribution in [0.2, 0.25) is 0 Å². The molecule has 0 aliphatic heterocycles. The van der Waals surface area contributed by atoms with Crippen LogP contribution < -0.4 is 0 Å². The largest absolute Gasteiger partial charge is 0.505 e. The third-order valence-corrected chi connectivity index (χ3v) is 2.90. The highest BCUT2D eigenvalue weighted by Gasteiger charge is 2.09. The van der Waals surface area contributed by atoms with Gasteiger partial charge in [-0.05, 0) is 26.0 Å². The molecule has 98 valence electrons. The molecule has 2 rings (SSSR count). The van der Waals surface area contributed by atoms with Crippen molar-refractivity contribution in [3.8, 4) is 5.75 Å². The first-order chi connectivity index (χ1) is 9.11. The highest BCUT2D eigenvalue weighted by molar-refractivity contribution is 5.87. The lowest BCUT2D eigenvalue weighted by atomic mass is 10.1. The normalized spacial score (nSPS) is 11.1. The summed E-state index contributed by atoms with van der Waals surface area (Å²) in [7, 11) is 0. The predicted octanol–water partition coefficient (Wildman–Crippen LogP) is 2.65. The molecular formula is C15H16N2O2. The Kier molecular flexibility index (Phi) is 3.92. The molecule has 1 heterocycles. The van der Waals surface area contributed by atoms with Crippen molar-refractivity contribution < 1.29 is 10.2 Å². The second kappa shape index (κ2) is 5.63. The molecule has 0 spiro atoms. The Hall–Kier alpha value is -2.20. The topological polar surface area (TPSA) is 65.7 Å². The molecule has 2 aromatic rings. The summed E-state index contributed by atoms with van der Waals surface area (Å²) in [5.74, 6) is 0.0578. The third kappa shape index (κ3) is 2.98. The zero-order chi connectivity index (χ0) is 13.8. The first kappa shape index (κ1) is 13.2. The van der Waals surface area contributed by atoms with Crippen LogP contribution >= 0.6 is 0 Å². The number of hydrogen-bond acceptors (Lipinski definition) is 4. The number of aliphatic imine (C=N–C) groups is 1. The summed E-state index contributed by atoms with van der Waals surface area (Å²) in [4.78, 5) is 8.31. The van der Waals surface area contributed by atoms with E-state index < -0.39 is 0 Å². The fourth-order valence-corrected chi connectivity index (χ4v) is 1.69. The second-order valence-corrected chi connectivity index (χ2v) is 4.38. The minimum atomic E-state index is -0.184. The van der Waals surface area contributed by atoms with Crippen molar-refractivity contribution >= 4 is 11.9 Å². The summed E-state index contributed by atoms with van der Waals surface area (Å²) < 4.78 is 0. The molecule has 4 nitrogen and oxygen atoms in total. The van der Waals surface area contributed by atoms with Crippen LogP contribution in [0.3, 0.4) is 0 Å². The zero-order valence-electron chi connectivity index (χ0n) is 11.0. The molecule has 0 unspecified atom stereocenters. The van der Waals surface area contributed by atoms with Gasteiger partial charge in [0, 0.05) is 23.5 Å². The average Bonchev–Trinajstić information content (AvgIpc) is 2.42. The number of aryl methyl sites for hydroxylation is 2.